The SMILES string of the molecule is Cl.Cn1ccnc1C1CNCCN1C(=O)c1cccc(-c2noc(C3CC3)n2)c1. The van der Waals surface area contributed by atoms with Crippen LogP contribution in [0.5, 0.6) is 0 Å². The van der Waals surface area contributed by atoms with Crippen molar-refractivity contribution in [1.82, 2.24) is 29.9 Å². The highest BCUT2D eigenvalue weighted by molar-refractivity contribution is 5.95. The monoisotopic (exact) mass is 414 g/mol. The van der Waals surface area contributed by atoms with Crippen LogP contribution in [0, 0.1) is 0 Å². The molecule has 1 aromatic carbocycles. The molecular weight excluding hydrogens is 392 g/mol. The number of piperazine rings is 1. The van der Waals surface area contributed by atoms with E-state index in [1.807, 2.05) is 47.0 Å². The molecule has 1 saturated carbocycles. The van der Waals surface area contributed by atoms with Crippen molar-refractivity contribution < 1.29 is 9.32 Å². The van der Waals surface area contributed by atoms with Gasteiger partial charge in [-0.05, 0) is 25.0 Å². The fraction of sp³-hybridized carbons (Fsp3) is 0.400. The summed E-state index contributed by atoms with van der Waals surface area (Å²) in [7, 11) is 1.95. The molecule has 8 nitrogen and oxygen atoms in total. The minimum Gasteiger partial charge on any atom is -0.339 e. The number of amides is 1. The Hall–Kier alpha value is -2.71. The maximum absolute atomic E-state index is 13.3. The Bertz CT molecular complexity index is 1010. The summed E-state index contributed by atoms with van der Waals surface area (Å²) in [5.74, 6) is 2.51. The van der Waals surface area contributed by atoms with Crippen molar-refractivity contribution in [2.24, 2.45) is 7.05 Å². The van der Waals surface area contributed by atoms with E-state index in [1.165, 1.54) is 0 Å². The summed E-state index contributed by atoms with van der Waals surface area (Å²) in [6, 6.07) is 7.36. The molecular formula is C20H23ClN6O2. The molecule has 1 aliphatic heterocycles. The van der Waals surface area contributed by atoms with Crippen LogP contribution < -0.4 is 5.32 Å². The number of aromatic nitrogens is 4. The van der Waals surface area contributed by atoms with Gasteiger partial charge in [-0.25, -0.2) is 4.98 Å². The number of rotatable bonds is 4. The Morgan fingerprint density at radius 3 is 2.93 bits per heavy atom. The lowest BCUT2D eigenvalue weighted by atomic mass is 10.1. The van der Waals surface area contributed by atoms with Crippen LogP contribution in [-0.4, -0.2) is 50.1 Å². The highest BCUT2D eigenvalue weighted by atomic mass is 35.5. The van der Waals surface area contributed by atoms with Crippen LogP contribution in [0.2, 0.25) is 0 Å². The molecule has 1 amide bonds. The van der Waals surface area contributed by atoms with Crippen molar-refractivity contribution in [3.63, 3.8) is 0 Å². The van der Waals surface area contributed by atoms with Gasteiger partial charge in [-0.2, -0.15) is 4.98 Å². The van der Waals surface area contributed by atoms with Crippen molar-refractivity contribution >= 4 is 18.3 Å². The Morgan fingerprint density at radius 1 is 1.31 bits per heavy atom. The molecule has 29 heavy (non-hydrogen) atoms. The van der Waals surface area contributed by atoms with Gasteiger partial charge in [0.2, 0.25) is 11.7 Å². The first kappa shape index (κ1) is 19.6. The van der Waals surface area contributed by atoms with E-state index in [0.717, 1.165) is 30.8 Å². The molecule has 1 saturated heterocycles. The number of nitrogens with zero attached hydrogens (tertiary/aromatic N) is 5. The van der Waals surface area contributed by atoms with E-state index < -0.39 is 0 Å². The zero-order chi connectivity index (χ0) is 19.1. The third kappa shape index (κ3) is 3.77. The van der Waals surface area contributed by atoms with Gasteiger partial charge in [-0.1, -0.05) is 17.3 Å². The number of carbonyl (C=O) groups is 1. The van der Waals surface area contributed by atoms with Gasteiger partial charge in [0, 0.05) is 56.1 Å². The molecule has 1 atom stereocenters. The number of benzene rings is 1. The van der Waals surface area contributed by atoms with Gasteiger partial charge in [0.1, 0.15) is 11.9 Å². The van der Waals surface area contributed by atoms with Gasteiger partial charge in [0.05, 0.1) is 0 Å². The molecule has 5 rings (SSSR count). The van der Waals surface area contributed by atoms with Crippen LogP contribution in [0.15, 0.2) is 41.2 Å². The summed E-state index contributed by atoms with van der Waals surface area (Å²) < 4.78 is 7.33. The maximum Gasteiger partial charge on any atom is 0.254 e. The van der Waals surface area contributed by atoms with Crippen LogP contribution in [0.4, 0.5) is 0 Å². The third-order valence-corrected chi connectivity index (χ3v) is 5.40. The molecule has 0 bridgehead atoms. The Kier molecular flexibility index (Phi) is 5.38. The number of imidazole rings is 1. The number of aryl methyl sites for hydroxylation is 1. The summed E-state index contributed by atoms with van der Waals surface area (Å²) in [4.78, 5) is 24.2. The smallest absolute Gasteiger partial charge is 0.254 e. The first-order chi connectivity index (χ1) is 13.7. The summed E-state index contributed by atoms with van der Waals surface area (Å²) in [5.41, 5.74) is 1.42. The van der Waals surface area contributed by atoms with E-state index in [1.54, 1.807) is 6.20 Å². The van der Waals surface area contributed by atoms with Gasteiger partial charge >= 0.3 is 0 Å². The van der Waals surface area contributed by atoms with Gasteiger partial charge in [0.25, 0.3) is 5.91 Å². The molecule has 0 spiro atoms. The van der Waals surface area contributed by atoms with Gasteiger partial charge in [-0.3, -0.25) is 4.79 Å². The largest absolute Gasteiger partial charge is 0.339 e. The molecule has 2 aliphatic rings. The third-order valence-electron chi connectivity index (χ3n) is 5.40. The number of hydrogen-bond donors (Lipinski definition) is 1. The van der Waals surface area contributed by atoms with Crippen molar-refractivity contribution in [2.75, 3.05) is 19.6 Å². The van der Waals surface area contributed by atoms with Crippen LogP contribution in [0.1, 0.15) is 46.9 Å². The summed E-state index contributed by atoms with van der Waals surface area (Å²) >= 11 is 0. The van der Waals surface area contributed by atoms with E-state index in [-0.39, 0.29) is 24.4 Å². The topological polar surface area (TPSA) is 89.1 Å². The van der Waals surface area contributed by atoms with Crippen molar-refractivity contribution in [3.8, 4) is 11.4 Å². The molecule has 3 aromatic rings. The quantitative estimate of drug-likeness (QED) is 0.705. The summed E-state index contributed by atoms with van der Waals surface area (Å²) in [6.07, 6.45) is 5.89. The van der Waals surface area contributed by atoms with E-state index in [0.29, 0.717) is 36.3 Å². The first-order valence-corrected chi connectivity index (χ1v) is 9.63. The number of nitrogens with one attached hydrogen (secondary N) is 1. The number of halogens is 1. The minimum absolute atomic E-state index is 0. The molecule has 0 radical (unpaired) electrons. The number of hydrogen-bond acceptors (Lipinski definition) is 6. The number of carbonyl (C=O) groups excluding carboxylic acids is 1. The second-order valence-corrected chi connectivity index (χ2v) is 7.43. The molecule has 2 fully saturated rings. The lowest BCUT2D eigenvalue weighted by molar-refractivity contribution is 0.0621. The molecule has 1 unspecified atom stereocenters. The first-order valence-electron chi connectivity index (χ1n) is 9.63. The predicted octanol–water partition coefficient (Wildman–Crippen LogP) is 2.56. The molecule has 9 heteroatoms. The second-order valence-electron chi connectivity index (χ2n) is 7.43. The molecule has 2 aromatic heterocycles. The fourth-order valence-electron chi connectivity index (χ4n) is 3.68. The predicted molar refractivity (Wildman–Crippen MR) is 109 cm³/mol. The van der Waals surface area contributed by atoms with Gasteiger partial charge in [0.15, 0.2) is 0 Å². The van der Waals surface area contributed by atoms with E-state index in [2.05, 4.69) is 20.4 Å². The standard InChI is InChI=1S/C20H22N6O2.ClH/c1-25-9-8-22-18(25)16-12-21-7-10-26(16)20(27)15-4-2-3-14(11-15)17-23-19(28-24-17)13-5-6-13;/h2-4,8-9,11,13,16,21H,5-7,10,12H2,1H3;1H. The molecule has 3 heterocycles. The molecule has 1 aliphatic carbocycles. The van der Waals surface area contributed by atoms with E-state index in [4.69, 9.17) is 4.52 Å². The summed E-state index contributed by atoms with van der Waals surface area (Å²) in [5, 5.41) is 7.46. The zero-order valence-electron chi connectivity index (χ0n) is 16.1. The second kappa shape index (κ2) is 7.96. The average Bonchev–Trinajstić information content (AvgIpc) is 3.30. The summed E-state index contributed by atoms with van der Waals surface area (Å²) in [6.45, 7) is 2.09. The van der Waals surface area contributed by atoms with E-state index in [9.17, 15) is 4.79 Å². The highest BCUT2D eigenvalue weighted by Crippen LogP contribution is 2.39. The van der Waals surface area contributed by atoms with Crippen molar-refractivity contribution in [3.05, 3.63) is 53.9 Å². The average molecular weight is 415 g/mol. The molecule has 152 valence electrons. The van der Waals surface area contributed by atoms with Crippen LogP contribution in [-0.2, 0) is 7.05 Å². The van der Waals surface area contributed by atoms with E-state index >= 15 is 0 Å². The normalized spacial score (nSPS) is 19.1. The van der Waals surface area contributed by atoms with Crippen LogP contribution in [0.3, 0.4) is 0 Å². The molecule has 1 N–H and O–H groups in total. The zero-order valence-corrected chi connectivity index (χ0v) is 16.9. The van der Waals surface area contributed by atoms with Gasteiger partial charge in [-0.15, -0.1) is 12.4 Å². The minimum atomic E-state index is -0.100. The van der Waals surface area contributed by atoms with Crippen LogP contribution in [0.25, 0.3) is 11.4 Å². The Balaban J connectivity index is 0.00000205. The maximum atomic E-state index is 13.3. The Morgan fingerprint density at radius 2 is 2.17 bits per heavy atom. The highest BCUT2D eigenvalue weighted by Gasteiger charge is 2.32. The fourth-order valence-corrected chi connectivity index (χ4v) is 3.68. The van der Waals surface area contributed by atoms with Crippen LogP contribution >= 0.6 is 12.4 Å². The lowest BCUT2D eigenvalue weighted by Gasteiger charge is -2.35. The van der Waals surface area contributed by atoms with Crippen molar-refractivity contribution in [2.45, 2.75) is 24.8 Å². The van der Waals surface area contributed by atoms with Crippen molar-refractivity contribution in [1.29, 1.82) is 0 Å². The Labute approximate surface area is 174 Å². The lowest BCUT2D eigenvalue weighted by Crippen LogP contribution is -2.49. The van der Waals surface area contributed by atoms with Gasteiger partial charge < -0.3 is 19.3 Å².